The van der Waals surface area contributed by atoms with E-state index in [2.05, 4.69) is 34.3 Å². The first-order valence-electron chi connectivity index (χ1n) is 11.4. The molecule has 1 aliphatic heterocycles. The molecule has 0 spiro atoms. The van der Waals surface area contributed by atoms with Crippen LogP contribution in [-0.4, -0.2) is 55.0 Å². The number of hydrogen-bond donors (Lipinski definition) is 2. The lowest BCUT2D eigenvalue weighted by Crippen LogP contribution is -2.31. The van der Waals surface area contributed by atoms with Crippen molar-refractivity contribution in [1.29, 1.82) is 0 Å². The van der Waals surface area contributed by atoms with Gasteiger partial charge < -0.3 is 19.5 Å². The molecule has 0 unspecified atom stereocenters. The zero-order valence-electron chi connectivity index (χ0n) is 18.7. The number of para-hydroxylation sites is 1. The van der Waals surface area contributed by atoms with Crippen LogP contribution in [-0.2, 0) is 0 Å². The normalized spacial score (nSPS) is 14.9. The fourth-order valence-corrected chi connectivity index (χ4v) is 4.55. The van der Waals surface area contributed by atoms with Gasteiger partial charge in [-0.05, 0) is 62.7 Å². The van der Waals surface area contributed by atoms with Gasteiger partial charge in [0.25, 0.3) is 5.91 Å². The molecule has 1 amide bonds. The number of nitrogens with zero attached hydrogens (tertiary/aromatic N) is 2. The monoisotopic (exact) mass is 467 g/mol. The number of amides is 1. The molecule has 4 rings (SSSR count). The lowest BCUT2D eigenvalue weighted by atomic mass is 10.1. The molecule has 7 heteroatoms. The molecular formula is C26H30FN3O2S. The summed E-state index contributed by atoms with van der Waals surface area (Å²) in [5.74, 6) is -0.0959. The van der Waals surface area contributed by atoms with Crippen LogP contribution in [0.5, 0.6) is 0 Å². The molecule has 0 radical (unpaired) electrons. The Morgan fingerprint density at radius 1 is 1.09 bits per heavy atom. The number of carbonyl (C=O) groups is 1. The summed E-state index contributed by atoms with van der Waals surface area (Å²) in [6, 6.07) is 14.0. The van der Waals surface area contributed by atoms with Crippen LogP contribution in [0.1, 0.15) is 35.4 Å². The van der Waals surface area contributed by atoms with E-state index in [0.29, 0.717) is 17.2 Å². The third kappa shape index (κ3) is 5.97. The Bertz CT molecular complexity index is 1100. The maximum atomic E-state index is 13.4. The van der Waals surface area contributed by atoms with Crippen LogP contribution in [0, 0.1) is 5.82 Å². The maximum Gasteiger partial charge on any atom is 0.287 e. The molecule has 1 N–H and O–H groups in total. The van der Waals surface area contributed by atoms with Crippen molar-refractivity contribution in [2.75, 3.05) is 39.3 Å². The minimum absolute atomic E-state index is 0.167. The topological polar surface area (TPSA) is 48.7 Å². The number of unbranched alkanes of at least 4 members (excludes halogenated alkanes) is 1. The van der Waals surface area contributed by atoms with Gasteiger partial charge >= 0.3 is 0 Å². The summed E-state index contributed by atoms with van der Waals surface area (Å²) in [6.45, 7) is 9.65. The fourth-order valence-electron chi connectivity index (χ4n) is 4.23. The lowest BCUT2D eigenvalue weighted by Gasteiger charge is -2.26. The van der Waals surface area contributed by atoms with E-state index in [1.165, 1.54) is 12.1 Å². The summed E-state index contributed by atoms with van der Waals surface area (Å²) < 4.78 is 19.0. The zero-order valence-corrected chi connectivity index (χ0v) is 19.6. The summed E-state index contributed by atoms with van der Waals surface area (Å²) in [7, 11) is 0. The van der Waals surface area contributed by atoms with E-state index >= 15 is 0 Å². The predicted octanol–water partition coefficient (Wildman–Crippen LogP) is 5.05. The smallest absolute Gasteiger partial charge is 0.287 e. The first-order chi connectivity index (χ1) is 16.0. The molecule has 1 aliphatic rings. The molecule has 1 aromatic heterocycles. The van der Waals surface area contributed by atoms with Gasteiger partial charge in [-0.2, -0.15) is 0 Å². The standard InChI is InChI=1S/C26H30FN3O2S/c1-19(22-10-9-21(27)18-25(22)33)30-14-6-13-29(15-16-30)12-5-4-11-28-26(31)24-17-20-7-2-3-8-23(20)32-24/h2-3,7-10,17-18,33H,1,4-6,11-16H2,(H,28,31). The number of halogens is 1. The Balaban J connectivity index is 1.18. The highest BCUT2D eigenvalue weighted by Crippen LogP contribution is 2.26. The van der Waals surface area contributed by atoms with Crippen molar-refractivity contribution >= 4 is 35.2 Å². The number of hydrogen-bond acceptors (Lipinski definition) is 5. The van der Waals surface area contributed by atoms with E-state index in [4.69, 9.17) is 4.42 Å². The Labute approximate surface area is 199 Å². The average molecular weight is 468 g/mol. The van der Waals surface area contributed by atoms with Gasteiger partial charge in [0.1, 0.15) is 11.4 Å². The van der Waals surface area contributed by atoms with Crippen LogP contribution in [0.2, 0.25) is 0 Å². The van der Waals surface area contributed by atoms with Crippen LogP contribution in [0.15, 0.2) is 64.4 Å². The van der Waals surface area contributed by atoms with E-state index in [9.17, 15) is 9.18 Å². The minimum atomic E-state index is -0.285. The molecule has 33 heavy (non-hydrogen) atoms. The molecule has 0 bridgehead atoms. The lowest BCUT2D eigenvalue weighted by molar-refractivity contribution is 0.0927. The molecule has 1 fully saturated rings. The van der Waals surface area contributed by atoms with E-state index < -0.39 is 0 Å². The van der Waals surface area contributed by atoms with Crippen LogP contribution in [0.4, 0.5) is 4.39 Å². The van der Waals surface area contributed by atoms with Crippen molar-refractivity contribution in [3.05, 3.63) is 72.3 Å². The Hall–Kier alpha value is -2.77. The second kappa shape index (κ2) is 10.9. The summed E-state index contributed by atoms with van der Waals surface area (Å²) in [6.07, 6.45) is 2.97. The first-order valence-corrected chi connectivity index (χ1v) is 11.9. The van der Waals surface area contributed by atoms with E-state index in [1.54, 1.807) is 12.1 Å². The Morgan fingerprint density at radius 2 is 1.94 bits per heavy atom. The molecule has 2 heterocycles. The summed E-state index contributed by atoms with van der Waals surface area (Å²) in [5.41, 5.74) is 2.51. The minimum Gasteiger partial charge on any atom is -0.451 e. The van der Waals surface area contributed by atoms with Crippen LogP contribution in [0.3, 0.4) is 0 Å². The summed E-state index contributed by atoms with van der Waals surface area (Å²) >= 11 is 4.41. The van der Waals surface area contributed by atoms with Crippen molar-refractivity contribution in [2.24, 2.45) is 0 Å². The van der Waals surface area contributed by atoms with E-state index in [1.807, 2.05) is 24.3 Å². The van der Waals surface area contributed by atoms with Gasteiger partial charge in [0.05, 0.1) is 0 Å². The van der Waals surface area contributed by atoms with Crippen molar-refractivity contribution < 1.29 is 13.6 Å². The SMILES string of the molecule is C=C(c1ccc(F)cc1S)N1CCCN(CCCCNC(=O)c2cc3ccccc3o2)CC1. The van der Waals surface area contributed by atoms with Crippen molar-refractivity contribution in [3.63, 3.8) is 0 Å². The number of fused-ring (bicyclic) bond motifs is 1. The third-order valence-corrected chi connectivity index (χ3v) is 6.45. The van der Waals surface area contributed by atoms with Crippen LogP contribution >= 0.6 is 12.6 Å². The second-order valence-corrected chi connectivity index (χ2v) is 8.88. The van der Waals surface area contributed by atoms with Gasteiger partial charge in [-0.3, -0.25) is 4.79 Å². The molecule has 1 saturated heterocycles. The zero-order chi connectivity index (χ0) is 23.2. The third-order valence-electron chi connectivity index (χ3n) is 6.08. The number of furan rings is 1. The fraction of sp³-hybridized carbons (Fsp3) is 0.346. The molecule has 174 valence electrons. The number of rotatable bonds is 8. The summed E-state index contributed by atoms with van der Waals surface area (Å²) in [5, 5.41) is 3.89. The summed E-state index contributed by atoms with van der Waals surface area (Å²) in [4.78, 5) is 17.7. The number of carbonyl (C=O) groups excluding carboxylic acids is 1. The van der Waals surface area contributed by atoms with Crippen LogP contribution in [0.25, 0.3) is 16.7 Å². The molecule has 5 nitrogen and oxygen atoms in total. The maximum absolute atomic E-state index is 13.4. The molecule has 0 aliphatic carbocycles. The molecule has 3 aromatic rings. The van der Waals surface area contributed by atoms with E-state index in [-0.39, 0.29) is 11.7 Å². The van der Waals surface area contributed by atoms with Gasteiger partial charge in [0.2, 0.25) is 0 Å². The Morgan fingerprint density at radius 3 is 2.76 bits per heavy atom. The Kier molecular flexibility index (Phi) is 7.73. The molecule has 2 aromatic carbocycles. The molecule has 0 atom stereocenters. The highest BCUT2D eigenvalue weighted by molar-refractivity contribution is 7.80. The predicted molar refractivity (Wildman–Crippen MR) is 133 cm³/mol. The average Bonchev–Trinajstić information content (AvgIpc) is 3.10. The van der Waals surface area contributed by atoms with Gasteiger partial charge in [0, 0.05) is 47.7 Å². The first kappa shape index (κ1) is 23.4. The molecular weight excluding hydrogens is 437 g/mol. The number of nitrogens with one attached hydrogen (secondary N) is 1. The van der Waals surface area contributed by atoms with Crippen LogP contribution < -0.4 is 5.32 Å². The van der Waals surface area contributed by atoms with E-state index in [0.717, 1.165) is 74.2 Å². The highest BCUT2D eigenvalue weighted by atomic mass is 32.1. The van der Waals surface area contributed by atoms with Crippen molar-refractivity contribution in [2.45, 2.75) is 24.2 Å². The number of thiol groups is 1. The van der Waals surface area contributed by atoms with Crippen molar-refractivity contribution in [1.82, 2.24) is 15.1 Å². The van der Waals surface area contributed by atoms with Gasteiger partial charge in [-0.15, -0.1) is 12.6 Å². The number of benzene rings is 2. The quantitative estimate of drug-likeness (QED) is 0.360. The van der Waals surface area contributed by atoms with Crippen molar-refractivity contribution in [3.8, 4) is 0 Å². The van der Waals surface area contributed by atoms with Gasteiger partial charge in [-0.25, -0.2) is 4.39 Å². The van der Waals surface area contributed by atoms with Gasteiger partial charge in [-0.1, -0.05) is 24.8 Å². The highest BCUT2D eigenvalue weighted by Gasteiger charge is 2.18. The molecule has 0 saturated carbocycles. The largest absolute Gasteiger partial charge is 0.451 e. The van der Waals surface area contributed by atoms with Gasteiger partial charge in [0.15, 0.2) is 5.76 Å². The second-order valence-electron chi connectivity index (χ2n) is 8.40.